The molecule has 1 saturated heterocycles. The molecule has 2 heteroatoms. The molecule has 3 rings (SSSR count). The van der Waals surface area contributed by atoms with Crippen LogP contribution < -0.4 is 10.2 Å². The van der Waals surface area contributed by atoms with E-state index in [9.17, 15) is 0 Å². The van der Waals surface area contributed by atoms with Crippen molar-refractivity contribution < 1.29 is 0 Å². The molecule has 1 aromatic carbocycles. The van der Waals surface area contributed by atoms with E-state index in [1.165, 1.54) is 57.3 Å². The summed E-state index contributed by atoms with van der Waals surface area (Å²) in [6.45, 7) is 2.41. The van der Waals surface area contributed by atoms with Crippen molar-refractivity contribution in [1.82, 2.24) is 5.32 Å². The molecule has 0 unspecified atom stereocenters. The molecule has 2 nitrogen and oxygen atoms in total. The summed E-state index contributed by atoms with van der Waals surface area (Å²) in [5.41, 5.74) is 1.39. The maximum Gasteiger partial charge on any atom is 0.0366 e. The van der Waals surface area contributed by atoms with Crippen molar-refractivity contribution in [2.24, 2.45) is 0 Å². The van der Waals surface area contributed by atoms with Crippen LogP contribution in [-0.2, 0) is 0 Å². The average molecular weight is 244 g/mol. The van der Waals surface area contributed by atoms with E-state index in [-0.39, 0.29) is 0 Å². The van der Waals surface area contributed by atoms with Gasteiger partial charge in [-0.3, -0.25) is 0 Å². The highest BCUT2D eigenvalue weighted by molar-refractivity contribution is 5.46. The topological polar surface area (TPSA) is 15.3 Å². The molecule has 2 aliphatic rings. The Balaban J connectivity index is 1.49. The van der Waals surface area contributed by atoms with Crippen LogP contribution in [0.15, 0.2) is 30.3 Å². The van der Waals surface area contributed by atoms with Gasteiger partial charge < -0.3 is 10.2 Å². The molecule has 2 fully saturated rings. The standard InChI is InChI=1S/C16H24N2/c1-2-8-16(9-3-1)18-12-10-15(11-13-18)17-14-6-4-5-7-14/h1-3,8-9,14-15,17H,4-7,10-13H2. The van der Waals surface area contributed by atoms with Gasteiger partial charge in [-0.25, -0.2) is 0 Å². The molecule has 1 aliphatic heterocycles. The first-order chi connectivity index (χ1) is 8.92. The van der Waals surface area contributed by atoms with Gasteiger partial charge in [-0.2, -0.15) is 0 Å². The normalized spacial score (nSPS) is 22.6. The number of nitrogens with one attached hydrogen (secondary N) is 1. The molecule has 1 N–H and O–H groups in total. The maximum absolute atomic E-state index is 3.86. The Bertz CT molecular complexity index is 349. The molecule has 0 radical (unpaired) electrons. The number of nitrogens with zero attached hydrogens (tertiary/aromatic N) is 1. The van der Waals surface area contributed by atoms with Crippen LogP contribution in [0.3, 0.4) is 0 Å². The molecular weight excluding hydrogens is 220 g/mol. The van der Waals surface area contributed by atoms with Gasteiger partial charge in [0.1, 0.15) is 0 Å². The van der Waals surface area contributed by atoms with Gasteiger partial charge in [-0.15, -0.1) is 0 Å². The van der Waals surface area contributed by atoms with E-state index in [1.54, 1.807) is 0 Å². The average Bonchev–Trinajstić information content (AvgIpc) is 2.94. The van der Waals surface area contributed by atoms with Crippen LogP contribution in [0.2, 0.25) is 0 Å². The first-order valence-corrected chi connectivity index (χ1v) is 7.48. The Kier molecular flexibility index (Phi) is 3.84. The molecule has 1 saturated carbocycles. The molecule has 18 heavy (non-hydrogen) atoms. The first-order valence-electron chi connectivity index (χ1n) is 7.48. The number of hydrogen-bond donors (Lipinski definition) is 1. The zero-order valence-electron chi connectivity index (χ0n) is 11.1. The van der Waals surface area contributed by atoms with Crippen molar-refractivity contribution in [2.75, 3.05) is 18.0 Å². The Hall–Kier alpha value is -1.02. The highest BCUT2D eigenvalue weighted by atomic mass is 15.1. The summed E-state index contributed by atoms with van der Waals surface area (Å²) < 4.78 is 0. The molecule has 98 valence electrons. The third kappa shape index (κ3) is 2.86. The molecule has 0 bridgehead atoms. The molecule has 0 aromatic heterocycles. The summed E-state index contributed by atoms with van der Waals surface area (Å²) in [6, 6.07) is 12.4. The van der Waals surface area contributed by atoms with E-state index in [0.29, 0.717) is 0 Å². The maximum atomic E-state index is 3.86. The largest absolute Gasteiger partial charge is 0.371 e. The van der Waals surface area contributed by atoms with Crippen LogP contribution in [0.5, 0.6) is 0 Å². The van der Waals surface area contributed by atoms with Gasteiger partial charge in [0.25, 0.3) is 0 Å². The second-order valence-electron chi connectivity index (χ2n) is 5.74. The molecule has 0 amide bonds. The predicted octanol–water partition coefficient (Wildman–Crippen LogP) is 3.19. The van der Waals surface area contributed by atoms with Crippen LogP contribution in [-0.4, -0.2) is 25.2 Å². The second-order valence-corrected chi connectivity index (χ2v) is 5.74. The summed E-state index contributed by atoms with van der Waals surface area (Å²) >= 11 is 0. The van der Waals surface area contributed by atoms with Crippen molar-refractivity contribution in [2.45, 2.75) is 50.6 Å². The summed E-state index contributed by atoms with van der Waals surface area (Å²) in [4.78, 5) is 2.52. The smallest absolute Gasteiger partial charge is 0.0366 e. The highest BCUT2D eigenvalue weighted by Gasteiger charge is 2.23. The van der Waals surface area contributed by atoms with E-state index >= 15 is 0 Å². The summed E-state index contributed by atoms with van der Waals surface area (Å²) in [6.07, 6.45) is 8.26. The fraction of sp³-hybridized carbons (Fsp3) is 0.625. The van der Waals surface area contributed by atoms with Crippen LogP contribution in [0, 0.1) is 0 Å². The van der Waals surface area contributed by atoms with Crippen molar-refractivity contribution in [1.29, 1.82) is 0 Å². The summed E-state index contributed by atoms with van der Waals surface area (Å²) in [5, 5.41) is 3.86. The monoisotopic (exact) mass is 244 g/mol. The van der Waals surface area contributed by atoms with Gasteiger partial charge in [-0.05, 0) is 37.8 Å². The van der Waals surface area contributed by atoms with Crippen molar-refractivity contribution >= 4 is 5.69 Å². The number of hydrogen-bond acceptors (Lipinski definition) is 2. The quantitative estimate of drug-likeness (QED) is 0.878. The summed E-state index contributed by atoms with van der Waals surface area (Å²) in [7, 11) is 0. The lowest BCUT2D eigenvalue weighted by atomic mass is 10.0. The van der Waals surface area contributed by atoms with Gasteiger partial charge in [-0.1, -0.05) is 31.0 Å². The fourth-order valence-corrected chi connectivity index (χ4v) is 3.37. The third-order valence-electron chi connectivity index (χ3n) is 4.44. The molecule has 0 spiro atoms. The zero-order valence-corrected chi connectivity index (χ0v) is 11.1. The van der Waals surface area contributed by atoms with Gasteiger partial charge in [0.05, 0.1) is 0 Å². The number of rotatable bonds is 3. The van der Waals surface area contributed by atoms with Crippen molar-refractivity contribution in [3.63, 3.8) is 0 Å². The Morgan fingerprint density at radius 1 is 0.833 bits per heavy atom. The van der Waals surface area contributed by atoms with E-state index in [0.717, 1.165) is 12.1 Å². The van der Waals surface area contributed by atoms with Gasteiger partial charge in [0.15, 0.2) is 0 Å². The lowest BCUT2D eigenvalue weighted by Crippen LogP contribution is -2.45. The van der Waals surface area contributed by atoms with Gasteiger partial charge in [0.2, 0.25) is 0 Å². The fourth-order valence-electron chi connectivity index (χ4n) is 3.37. The van der Waals surface area contributed by atoms with Gasteiger partial charge >= 0.3 is 0 Å². The molecule has 1 aliphatic carbocycles. The minimum atomic E-state index is 0.757. The van der Waals surface area contributed by atoms with Crippen LogP contribution in [0.4, 0.5) is 5.69 Å². The van der Waals surface area contributed by atoms with Crippen molar-refractivity contribution in [3.8, 4) is 0 Å². The van der Waals surface area contributed by atoms with Crippen LogP contribution >= 0.6 is 0 Å². The number of benzene rings is 1. The second kappa shape index (κ2) is 5.75. The zero-order chi connectivity index (χ0) is 12.2. The van der Waals surface area contributed by atoms with Crippen LogP contribution in [0.25, 0.3) is 0 Å². The lowest BCUT2D eigenvalue weighted by molar-refractivity contribution is 0.367. The van der Waals surface area contributed by atoms with Crippen LogP contribution in [0.1, 0.15) is 38.5 Å². The summed E-state index contributed by atoms with van der Waals surface area (Å²) in [5.74, 6) is 0. The van der Waals surface area contributed by atoms with E-state index < -0.39 is 0 Å². The predicted molar refractivity (Wildman–Crippen MR) is 77.1 cm³/mol. The van der Waals surface area contributed by atoms with Gasteiger partial charge in [0, 0.05) is 30.9 Å². The van der Waals surface area contributed by atoms with E-state index in [4.69, 9.17) is 0 Å². The highest BCUT2D eigenvalue weighted by Crippen LogP contribution is 2.22. The van der Waals surface area contributed by atoms with E-state index in [2.05, 4.69) is 40.5 Å². The lowest BCUT2D eigenvalue weighted by Gasteiger charge is -2.35. The minimum absolute atomic E-state index is 0.757. The third-order valence-corrected chi connectivity index (χ3v) is 4.44. The molecular formula is C16H24N2. The molecule has 1 aromatic rings. The first kappa shape index (κ1) is 12.0. The van der Waals surface area contributed by atoms with Crippen molar-refractivity contribution in [3.05, 3.63) is 30.3 Å². The molecule has 0 atom stereocenters. The van der Waals surface area contributed by atoms with E-state index in [1.807, 2.05) is 0 Å². The Labute approximate surface area is 110 Å². The Morgan fingerprint density at radius 2 is 1.44 bits per heavy atom. The number of para-hydroxylation sites is 1. The minimum Gasteiger partial charge on any atom is -0.371 e. The SMILES string of the molecule is c1ccc(N2CCC(NC3CCCC3)CC2)cc1. The molecule has 1 heterocycles. The number of anilines is 1. The number of piperidine rings is 1. The Morgan fingerprint density at radius 3 is 2.11 bits per heavy atom.